The van der Waals surface area contributed by atoms with E-state index in [1.807, 2.05) is 13.0 Å². The van der Waals surface area contributed by atoms with Crippen molar-refractivity contribution in [3.05, 3.63) is 46.0 Å². The van der Waals surface area contributed by atoms with Gasteiger partial charge in [0.1, 0.15) is 11.5 Å². The van der Waals surface area contributed by atoms with Crippen molar-refractivity contribution in [2.24, 2.45) is 0 Å². The van der Waals surface area contributed by atoms with Gasteiger partial charge in [0.25, 0.3) is 0 Å². The molecule has 2 rings (SSSR count). The van der Waals surface area contributed by atoms with Gasteiger partial charge in [-0.25, -0.2) is 0 Å². The van der Waals surface area contributed by atoms with Crippen molar-refractivity contribution in [1.82, 2.24) is 9.80 Å². The average molecular weight is 292 g/mol. The Hall–Kier alpha value is -1.10. The fourth-order valence-corrected chi connectivity index (χ4v) is 2.92. The third kappa shape index (κ3) is 5.12. The first kappa shape index (κ1) is 15.3. The van der Waals surface area contributed by atoms with Gasteiger partial charge in [0.15, 0.2) is 0 Å². The number of hydrogen-bond donors (Lipinski definition) is 0. The van der Waals surface area contributed by atoms with Crippen LogP contribution in [0.5, 0.6) is 0 Å². The summed E-state index contributed by atoms with van der Waals surface area (Å²) in [6, 6.07) is 6.33. The molecular weight excluding hydrogens is 268 g/mol. The number of aryl methyl sites for hydroxylation is 1. The summed E-state index contributed by atoms with van der Waals surface area (Å²) < 4.78 is 5.71. The molecule has 0 aliphatic carbocycles. The highest BCUT2D eigenvalue weighted by Gasteiger charge is 2.10. The summed E-state index contributed by atoms with van der Waals surface area (Å²) in [5, 5.41) is 4.37. The average Bonchev–Trinajstić information content (AvgIpc) is 3.01. The number of nitrogens with zero attached hydrogens (tertiary/aromatic N) is 2. The largest absolute Gasteiger partial charge is 0.465 e. The predicted molar refractivity (Wildman–Crippen MR) is 85.0 cm³/mol. The van der Waals surface area contributed by atoms with E-state index in [1.54, 1.807) is 11.3 Å². The molecule has 0 amide bonds. The highest BCUT2D eigenvalue weighted by Crippen LogP contribution is 2.14. The van der Waals surface area contributed by atoms with Gasteiger partial charge in [-0.1, -0.05) is 0 Å². The summed E-state index contributed by atoms with van der Waals surface area (Å²) in [5.74, 6) is 2.05. The lowest BCUT2D eigenvalue weighted by molar-refractivity contribution is 0.221. The lowest BCUT2D eigenvalue weighted by atomic mass is 10.2. The smallest absolute Gasteiger partial charge is 0.118 e. The molecule has 0 radical (unpaired) electrons. The second kappa shape index (κ2) is 7.62. The first-order valence-electron chi connectivity index (χ1n) is 7.07. The lowest BCUT2D eigenvalue weighted by Gasteiger charge is -2.21. The van der Waals surface area contributed by atoms with Gasteiger partial charge >= 0.3 is 0 Å². The van der Waals surface area contributed by atoms with Gasteiger partial charge in [0.05, 0.1) is 6.54 Å². The van der Waals surface area contributed by atoms with Crippen molar-refractivity contribution in [2.75, 3.05) is 27.2 Å². The summed E-state index contributed by atoms with van der Waals surface area (Å²) in [6.07, 6.45) is 1.18. The van der Waals surface area contributed by atoms with E-state index in [0.717, 1.165) is 37.7 Å². The lowest BCUT2D eigenvalue weighted by Crippen LogP contribution is -2.26. The van der Waals surface area contributed by atoms with Gasteiger partial charge in [-0.3, -0.25) is 4.90 Å². The van der Waals surface area contributed by atoms with Gasteiger partial charge in [-0.15, -0.1) is 0 Å². The fourth-order valence-electron chi connectivity index (χ4n) is 2.26. The first-order chi connectivity index (χ1) is 9.63. The molecular formula is C16H24N2OS. The first-order valence-corrected chi connectivity index (χ1v) is 8.01. The van der Waals surface area contributed by atoms with Gasteiger partial charge in [-0.2, -0.15) is 11.3 Å². The Labute approximate surface area is 125 Å². The zero-order chi connectivity index (χ0) is 14.4. The van der Waals surface area contributed by atoms with Crippen LogP contribution in [0.1, 0.15) is 23.5 Å². The highest BCUT2D eigenvalue weighted by molar-refractivity contribution is 7.07. The quantitative estimate of drug-likeness (QED) is 0.741. The van der Waals surface area contributed by atoms with Crippen molar-refractivity contribution in [3.8, 4) is 0 Å². The van der Waals surface area contributed by atoms with Crippen molar-refractivity contribution in [2.45, 2.75) is 26.4 Å². The van der Waals surface area contributed by atoms with Crippen LogP contribution in [0.4, 0.5) is 0 Å². The summed E-state index contributed by atoms with van der Waals surface area (Å²) >= 11 is 1.76. The molecule has 110 valence electrons. The van der Waals surface area contributed by atoms with Crippen LogP contribution < -0.4 is 0 Å². The van der Waals surface area contributed by atoms with E-state index in [2.05, 4.69) is 46.8 Å². The Morgan fingerprint density at radius 1 is 1.10 bits per heavy atom. The molecule has 20 heavy (non-hydrogen) atoms. The Kier molecular flexibility index (Phi) is 5.83. The van der Waals surface area contributed by atoms with E-state index in [1.165, 1.54) is 12.0 Å². The number of furan rings is 1. The van der Waals surface area contributed by atoms with Crippen LogP contribution in [0.25, 0.3) is 0 Å². The number of hydrogen-bond acceptors (Lipinski definition) is 4. The van der Waals surface area contributed by atoms with Gasteiger partial charge in [-0.05, 0) is 68.5 Å². The van der Waals surface area contributed by atoms with E-state index in [9.17, 15) is 0 Å². The van der Waals surface area contributed by atoms with Crippen molar-refractivity contribution >= 4 is 11.3 Å². The van der Waals surface area contributed by atoms with E-state index >= 15 is 0 Å². The van der Waals surface area contributed by atoms with Crippen LogP contribution in [-0.4, -0.2) is 37.0 Å². The molecule has 0 saturated carbocycles. The maximum absolute atomic E-state index is 5.71. The summed E-state index contributed by atoms with van der Waals surface area (Å²) in [6.45, 7) is 6.09. The second-order valence-electron chi connectivity index (χ2n) is 5.51. The maximum Gasteiger partial charge on any atom is 0.118 e. The minimum Gasteiger partial charge on any atom is -0.465 e. The van der Waals surface area contributed by atoms with Crippen LogP contribution >= 0.6 is 11.3 Å². The molecule has 2 aromatic heterocycles. The molecule has 0 atom stereocenters. The van der Waals surface area contributed by atoms with Gasteiger partial charge < -0.3 is 9.32 Å². The predicted octanol–water partition coefficient (Wildman–Crippen LogP) is 3.60. The molecule has 0 aliphatic rings. The molecule has 0 saturated heterocycles. The minimum atomic E-state index is 0.886. The van der Waals surface area contributed by atoms with Gasteiger partial charge in [0.2, 0.25) is 0 Å². The topological polar surface area (TPSA) is 19.6 Å². The van der Waals surface area contributed by atoms with E-state index in [-0.39, 0.29) is 0 Å². The van der Waals surface area contributed by atoms with Crippen LogP contribution in [0.3, 0.4) is 0 Å². The molecule has 0 unspecified atom stereocenters. The molecule has 0 aliphatic heterocycles. The van der Waals surface area contributed by atoms with Crippen LogP contribution in [0.2, 0.25) is 0 Å². The molecule has 4 heteroatoms. The van der Waals surface area contributed by atoms with Crippen LogP contribution in [-0.2, 0) is 13.1 Å². The van der Waals surface area contributed by atoms with Gasteiger partial charge in [0, 0.05) is 13.1 Å². The molecule has 0 bridgehead atoms. The molecule has 3 nitrogen and oxygen atoms in total. The molecule has 0 N–H and O–H groups in total. The number of rotatable bonds is 8. The summed E-state index contributed by atoms with van der Waals surface area (Å²) in [5.41, 5.74) is 1.39. The molecule has 0 spiro atoms. The van der Waals surface area contributed by atoms with Crippen LogP contribution in [0.15, 0.2) is 33.4 Å². The maximum atomic E-state index is 5.71. The Bertz CT molecular complexity index is 490. The van der Waals surface area contributed by atoms with Crippen LogP contribution in [0, 0.1) is 6.92 Å². The molecule has 0 fully saturated rings. The monoisotopic (exact) mass is 292 g/mol. The highest BCUT2D eigenvalue weighted by atomic mass is 32.1. The Morgan fingerprint density at radius 2 is 1.95 bits per heavy atom. The minimum absolute atomic E-state index is 0.886. The Morgan fingerprint density at radius 3 is 2.55 bits per heavy atom. The zero-order valence-corrected chi connectivity index (χ0v) is 13.4. The zero-order valence-electron chi connectivity index (χ0n) is 12.6. The Balaban J connectivity index is 1.92. The fraction of sp³-hybridized carbons (Fsp3) is 0.500. The normalized spacial score (nSPS) is 11.7. The molecule has 2 aromatic rings. The van der Waals surface area contributed by atoms with E-state index < -0.39 is 0 Å². The number of thiophene rings is 1. The van der Waals surface area contributed by atoms with E-state index in [4.69, 9.17) is 4.42 Å². The van der Waals surface area contributed by atoms with Crippen molar-refractivity contribution < 1.29 is 4.42 Å². The third-order valence-electron chi connectivity index (χ3n) is 3.24. The standard InChI is InChI=1S/C16H24N2OS/c1-14-5-6-16(19-14)12-18(9-4-8-17(2)3)11-15-7-10-20-13-15/h5-7,10,13H,4,8-9,11-12H2,1-3H3. The van der Waals surface area contributed by atoms with E-state index in [0.29, 0.717) is 0 Å². The van der Waals surface area contributed by atoms with Crippen molar-refractivity contribution in [1.29, 1.82) is 0 Å². The molecule has 2 heterocycles. The summed E-state index contributed by atoms with van der Waals surface area (Å²) in [4.78, 5) is 4.70. The third-order valence-corrected chi connectivity index (χ3v) is 3.97. The summed E-state index contributed by atoms with van der Waals surface area (Å²) in [7, 11) is 4.25. The molecule has 0 aromatic carbocycles. The SMILES string of the molecule is Cc1ccc(CN(CCCN(C)C)Cc2ccsc2)o1. The second-order valence-corrected chi connectivity index (χ2v) is 6.29. The van der Waals surface area contributed by atoms with Crippen molar-refractivity contribution in [3.63, 3.8) is 0 Å².